The van der Waals surface area contributed by atoms with Gasteiger partial charge in [-0.2, -0.15) is 0 Å². The highest BCUT2D eigenvalue weighted by molar-refractivity contribution is 7.92. The van der Waals surface area contributed by atoms with E-state index in [2.05, 4.69) is 17.5 Å². The monoisotopic (exact) mass is 275 g/mol. The predicted octanol–water partition coefficient (Wildman–Crippen LogP) is 0.784. The van der Waals surface area contributed by atoms with Crippen LogP contribution in [-0.2, 0) is 16.6 Å². The maximum Gasteiger partial charge on any atom is 0.324 e. The summed E-state index contributed by atoms with van der Waals surface area (Å²) in [5.74, 6) is 0. The molecule has 94 valence electrons. The smallest absolute Gasteiger partial charge is 0.324 e. The number of hydrogen-bond acceptors (Lipinski definition) is 4. The molecule has 0 aliphatic heterocycles. The van der Waals surface area contributed by atoms with Gasteiger partial charge in [0.2, 0.25) is 10.0 Å². The van der Waals surface area contributed by atoms with Gasteiger partial charge in [0.25, 0.3) is 0 Å². The lowest BCUT2D eigenvalue weighted by atomic mass is 10.2. The van der Waals surface area contributed by atoms with E-state index in [0.717, 1.165) is 16.1 Å². The van der Waals surface area contributed by atoms with Crippen LogP contribution in [0.3, 0.4) is 0 Å². The van der Waals surface area contributed by atoms with Gasteiger partial charge < -0.3 is 5.73 Å². The zero-order chi connectivity index (χ0) is 13.1. The number of benzene rings is 1. The maximum absolute atomic E-state index is 11.0. The van der Waals surface area contributed by atoms with Crippen LogP contribution in [0, 0.1) is 0 Å². The molecule has 0 aliphatic carbocycles. The number of anilines is 1. The molecule has 1 rings (SSSR count). The van der Waals surface area contributed by atoms with Crippen LogP contribution < -0.4 is 10.5 Å². The molecule has 0 bridgehead atoms. The van der Waals surface area contributed by atoms with E-state index in [4.69, 9.17) is 5.73 Å². The molecule has 0 heterocycles. The average molecular weight is 275 g/mol. The van der Waals surface area contributed by atoms with Crippen LogP contribution >= 0.6 is 12.8 Å². The Morgan fingerprint density at radius 3 is 2.35 bits per heavy atom. The molecule has 0 saturated heterocycles. The summed E-state index contributed by atoms with van der Waals surface area (Å²) in [6, 6.07) is 5.91. The Kier molecular flexibility index (Phi) is 4.24. The molecule has 0 aliphatic rings. The Morgan fingerprint density at radius 2 is 1.94 bits per heavy atom. The normalized spacial score (nSPS) is 10.9. The zero-order valence-electron chi connectivity index (χ0n) is 9.12. The summed E-state index contributed by atoms with van der Waals surface area (Å²) in [5, 5.41) is 0. The van der Waals surface area contributed by atoms with Gasteiger partial charge in [-0.15, -0.1) is 0 Å². The molecular weight excluding hydrogens is 262 g/mol. The van der Waals surface area contributed by atoms with Crippen LogP contribution in [0.25, 0.3) is 0 Å². The second kappa shape index (κ2) is 5.28. The number of amides is 2. The number of carbonyl (C=O) groups excluding carboxylic acids is 1. The lowest BCUT2D eigenvalue weighted by Crippen LogP contribution is -2.27. The molecule has 0 fully saturated rings. The van der Waals surface area contributed by atoms with Crippen molar-refractivity contribution in [3.05, 3.63) is 29.8 Å². The van der Waals surface area contributed by atoms with E-state index < -0.39 is 16.1 Å². The van der Waals surface area contributed by atoms with Gasteiger partial charge in [0.1, 0.15) is 0 Å². The first-order valence-electron chi connectivity index (χ1n) is 4.60. The van der Waals surface area contributed by atoms with E-state index in [1.54, 1.807) is 24.3 Å². The van der Waals surface area contributed by atoms with Crippen molar-refractivity contribution < 1.29 is 13.2 Å². The van der Waals surface area contributed by atoms with E-state index in [1.807, 2.05) is 0 Å². The van der Waals surface area contributed by atoms with Crippen LogP contribution in [0.1, 0.15) is 5.56 Å². The molecule has 1 aromatic carbocycles. The summed E-state index contributed by atoms with van der Waals surface area (Å²) in [4.78, 5) is 10.7. The number of primary amides is 1. The van der Waals surface area contributed by atoms with E-state index in [-0.39, 0.29) is 6.54 Å². The topological polar surface area (TPSA) is 92.5 Å². The number of nitrogens with one attached hydrogen (secondary N) is 1. The molecule has 0 atom stereocenters. The molecule has 8 heteroatoms. The average Bonchev–Trinajstić information content (AvgIpc) is 2.18. The second-order valence-electron chi connectivity index (χ2n) is 3.47. The van der Waals surface area contributed by atoms with Gasteiger partial charge in [-0.1, -0.05) is 24.9 Å². The highest BCUT2D eigenvalue weighted by Crippen LogP contribution is 2.13. The highest BCUT2D eigenvalue weighted by Gasteiger charge is 2.06. The number of nitrogens with zero attached hydrogens (tertiary/aromatic N) is 1. The minimum atomic E-state index is -3.28. The molecule has 6 nitrogen and oxygen atoms in total. The maximum atomic E-state index is 11.0. The molecule has 17 heavy (non-hydrogen) atoms. The summed E-state index contributed by atoms with van der Waals surface area (Å²) >= 11 is 3.88. The van der Waals surface area contributed by atoms with Crippen LogP contribution in [0.15, 0.2) is 24.3 Å². The number of nitrogens with two attached hydrogens (primary N) is 1. The SMILES string of the molecule is CS(=O)(=O)Nc1ccc(CN(S)C(N)=O)cc1. The molecule has 0 saturated carbocycles. The van der Waals surface area contributed by atoms with Crippen molar-refractivity contribution in [3.63, 3.8) is 0 Å². The molecule has 0 radical (unpaired) electrons. The van der Waals surface area contributed by atoms with E-state index in [1.165, 1.54) is 0 Å². The van der Waals surface area contributed by atoms with Crippen LogP contribution in [0.2, 0.25) is 0 Å². The Balaban J connectivity index is 2.72. The number of hydrogen-bond donors (Lipinski definition) is 3. The lowest BCUT2D eigenvalue weighted by Gasteiger charge is -2.12. The summed E-state index contributed by atoms with van der Waals surface area (Å²) in [7, 11) is -3.28. The summed E-state index contributed by atoms with van der Waals surface area (Å²) in [6.45, 7) is 0.248. The number of rotatable bonds is 4. The van der Waals surface area contributed by atoms with Crippen LogP contribution in [0.4, 0.5) is 10.5 Å². The van der Waals surface area contributed by atoms with E-state index in [0.29, 0.717) is 5.69 Å². The zero-order valence-corrected chi connectivity index (χ0v) is 10.8. The Bertz CT molecular complexity index is 499. The lowest BCUT2D eigenvalue weighted by molar-refractivity contribution is 0.234. The fourth-order valence-corrected chi connectivity index (χ4v) is 1.87. The van der Waals surface area contributed by atoms with Crippen molar-refractivity contribution in [2.24, 2.45) is 5.73 Å². The van der Waals surface area contributed by atoms with Crippen LogP contribution in [0.5, 0.6) is 0 Å². The van der Waals surface area contributed by atoms with E-state index in [9.17, 15) is 13.2 Å². The molecule has 0 aromatic heterocycles. The van der Waals surface area contributed by atoms with Crippen molar-refractivity contribution in [1.29, 1.82) is 0 Å². The largest absolute Gasteiger partial charge is 0.351 e. The Hall–Kier alpha value is -1.41. The standard InChI is InChI=1S/C9H13N3O3S2/c1-17(14,15)11-8-4-2-7(3-5-8)6-12(16)9(10)13/h2-5,11,16H,6H2,1H3,(H2,10,13). The fraction of sp³-hybridized carbons (Fsp3) is 0.222. The first kappa shape index (κ1) is 13.7. The summed E-state index contributed by atoms with van der Waals surface area (Å²) < 4.78 is 25.3. The third kappa shape index (κ3) is 4.96. The first-order chi connectivity index (χ1) is 7.78. The second-order valence-corrected chi connectivity index (χ2v) is 5.70. The van der Waals surface area contributed by atoms with Gasteiger partial charge in [0.05, 0.1) is 12.8 Å². The third-order valence-corrected chi connectivity index (χ3v) is 2.79. The molecule has 2 amide bonds. The van der Waals surface area contributed by atoms with Gasteiger partial charge in [-0.05, 0) is 17.7 Å². The first-order valence-corrected chi connectivity index (χ1v) is 6.89. The minimum Gasteiger partial charge on any atom is -0.351 e. The van der Waals surface area contributed by atoms with Gasteiger partial charge in [0.15, 0.2) is 0 Å². The van der Waals surface area contributed by atoms with Crippen molar-refractivity contribution >= 4 is 34.6 Å². The van der Waals surface area contributed by atoms with Crippen molar-refractivity contribution in [2.75, 3.05) is 11.0 Å². The van der Waals surface area contributed by atoms with Crippen molar-refractivity contribution in [3.8, 4) is 0 Å². The van der Waals surface area contributed by atoms with Crippen molar-refractivity contribution in [1.82, 2.24) is 4.31 Å². The van der Waals surface area contributed by atoms with Crippen LogP contribution in [-0.4, -0.2) is 25.0 Å². The van der Waals surface area contributed by atoms with Gasteiger partial charge in [-0.25, -0.2) is 13.2 Å². The molecular formula is C9H13N3O3S2. The predicted molar refractivity (Wildman–Crippen MR) is 69.0 cm³/mol. The fourth-order valence-electron chi connectivity index (χ4n) is 1.14. The molecule has 1 aromatic rings. The highest BCUT2D eigenvalue weighted by atomic mass is 32.2. The molecule has 0 spiro atoms. The number of carbonyl (C=O) groups is 1. The Labute approximate surface area is 105 Å². The quantitative estimate of drug-likeness (QED) is 0.709. The van der Waals surface area contributed by atoms with Gasteiger partial charge in [0, 0.05) is 5.69 Å². The number of urea groups is 1. The number of thiol groups is 1. The molecule has 3 N–H and O–H groups in total. The van der Waals surface area contributed by atoms with Crippen molar-refractivity contribution in [2.45, 2.75) is 6.54 Å². The molecule has 0 unspecified atom stereocenters. The van der Waals surface area contributed by atoms with E-state index >= 15 is 0 Å². The van der Waals surface area contributed by atoms with Gasteiger partial charge in [-0.3, -0.25) is 9.03 Å². The van der Waals surface area contributed by atoms with Gasteiger partial charge >= 0.3 is 6.03 Å². The summed E-state index contributed by atoms with van der Waals surface area (Å²) in [5.41, 5.74) is 6.26. The minimum absolute atomic E-state index is 0.248. The summed E-state index contributed by atoms with van der Waals surface area (Å²) in [6.07, 6.45) is 1.07. The number of sulfonamides is 1. The third-order valence-electron chi connectivity index (χ3n) is 1.84. The Morgan fingerprint density at radius 1 is 1.41 bits per heavy atom.